The second kappa shape index (κ2) is 9.34. The number of benzene rings is 1. The van der Waals surface area contributed by atoms with Gasteiger partial charge in [0, 0.05) is 24.2 Å². The zero-order chi connectivity index (χ0) is 19.1. The van der Waals surface area contributed by atoms with E-state index in [0.717, 1.165) is 32.5 Å². The summed E-state index contributed by atoms with van der Waals surface area (Å²) in [5.41, 5.74) is 2.26. The van der Waals surface area contributed by atoms with E-state index in [-0.39, 0.29) is 18.1 Å². The van der Waals surface area contributed by atoms with Gasteiger partial charge in [-0.1, -0.05) is 17.7 Å². The van der Waals surface area contributed by atoms with E-state index < -0.39 is 12.2 Å². The Labute approximate surface area is 158 Å². The molecule has 2 aliphatic rings. The first-order valence-corrected chi connectivity index (χ1v) is 9.12. The lowest BCUT2D eigenvalue weighted by Gasteiger charge is -2.10. The molecule has 7 nitrogen and oxygen atoms in total. The molecule has 1 atom stereocenters. The molecule has 0 saturated carbocycles. The Morgan fingerprint density at radius 2 is 2.07 bits per heavy atom. The molecule has 0 bridgehead atoms. The summed E-state index contributed by atoms with van der Waals surface area (Å²) in [6.45, 7) is 2.05. The molecule has 0 fully saturated rings. The molecule has 1 aromatic carbocycles. The molecule has 2 amide bonds. The zero-order valence-corrected chi connectivity index (χ0v) is 15.1. The van der Waals surface area contributed by atoms with Crippen molar-refractivity contribution in [2.75, 3.05) is 25.1 Å². The molecular formula is C20H24N2O5. The minimum absolute atomic E-state index is 0.0815. The molecule has 1 aromatic rings. The number of aliphatic hydroxyl groups is 1. The molecular weight excluding hydrogens is 348 g/mol. The molecule has 0 radical (unpaired) electrons. The maximum absolute atomic E-state index is 12.4. The lowest BCUT2D eigenvalue weighted by molar-refractivity contribution is -0.120. The minimum atomic E-state index is -0.974. The summed E-state index contributed by atoms with van der Waals surface area (Å²) in [6.07, 6.45) is 5.66. The van der Waals surface area contributed by atoms with Gasteiger partial charge in [-0.2, -0.15) is 0 Å². The van der Waals surface area contributed by atoms with Gasteiger partial charge in [0.25, 0.3) is 11.8 Å². The number of hydrogen-bond acceptors (Lipinski definition) is 5. The average molecular weight is 372 g/mol. The van der Waals surface area contributed by atoms with Crippen LogP contribution in [0.2, 0.25) is 0 Å². The Morgan fingerprint density at radius 3 is 2.89 bits per heavy atom. The lowest BCUT2D eigenvalue weighted by Crippen LogP contribution is -2.25. The molecule has 7 heteroatoms. The van der Waals surface area contributed by atoms with Crippen LogP contribution in [0.15, 0.2) is 47.7 Å². The highest BCUT2D eigenvalue weighted by Gasteiger charge is 2.21. The number of rotatable bonds is 6. The Kier molecular flexibility index (Phi) is 6.62. The van der Waals surface area contributed by atoms with Gasteiger partial charge in [-0.3, -0.25) is 9.59 Å². The first kappa shape index (κ1) is 19.1. The van der Waals surface area contributed by atoms with Gasteiger partial charge in [-0.25, -0.2) is 0 Å². The maximum atomic E-state index is 12.4. The fraction of sp³-hybridized carbons (Fsp3) is 0.400. The summed E-state index contributed by atoms with van der Waals surface area (Å²) < 4.78 is 10.4. The van der Waals surface area contributed by atoms with Gasteiger partial charge in [0.2, 0.25) is 6.29 Å². The van der Waals surface area contributed by atoms with Crippen LogP contribution >= 0.6 is 0 Å². The molecule has 3 N–H and O–H groups in total. The van der Waals surface area contributed by atoms with Gasteiger partial charge in [-0.05, 0) is 43.5 Å². The number of aliphatic hydroxyl groups excluding tert-OH is 1. The van der Waals surface area contributed by atoms with Crippen molar-refractivity contribution in [3.8, 4) is 0 Å². The van der Waals surface area contributed by atoms with Crippen LogP contribution in [0.1, 0.15) is 36.0 Å². The summed E-state index contributed by atoms with van der Waals surface area (Å²) in [5.74, 6) is -0.562. The van der Waals surface area contributed by atoms with E-state index in [1.807, 2.05) is 0 Å². The smallest absolute Gasteiger partial charge is 0.290 e. The van der Waals surface area contributed by atoms with Crippen molar-refractivity contribution in [2.24, 2.45) is 0 Å². The normalized spacial score (nSPS) is 19.4. The van der Waals surface area contributed by atoms with E-state index in [9.17, 15) is 14.7 Å². The summed E-state index contributed by atoms with van der Waals surface area (Å²) in [6, 6.07) is 6.70. The van der Waals surface area contributed by atoms with Gasteiger partial charge in [-0.15, -0.1) is 0 Å². The third-order valence-electron chi connectivity index (χ3n) is 4.37. The maximum Gasteiger partial charge on any atom is 0.290 e. The largest absolute Gasteiger partial charge is 0.459 e. The number of hydrogen-bond donors (Lipinski definition) is 3. The minimum Gasteiger partial charge on any atom is -0.459 e. The Hall–Kier alpha value is -2.64. The standard InChI is InChI=1S/C20H24N2O5/c23-18-7-6-17(27-18)20(25)22-16-5-1-4-15(13-16)19(24)21-10-8-14-3-2-11-26-12-9-14/h1,3-6,13,18,23H,2,7-12H2,(H,21,24)(H,22,25). The first-order valence-electron chi connectivity index (χ1n) is 9.12. The van der Waals surface area contributed by atoms with Crippen LogP contribution < -0.4 is 10.6 Å². The van der Waals surface area contributed by atoms with Crippen molar-refractivity contribution in [3.63, 3.8) is 0 Å². The molecule has 0 aromatic heterocycles. The quantitative estimate of drug-likeness (QED) is 0.665. The molecule has 0 aliphatic carbocycles. The zero-order valence-electron chi connectivity index (χ0n) is 15.1. The number of carbonyl (C=O) groups is 2. The van der Waals surface area contributed by atoms with Crippen molar-refractivity contribution in [1.82, 2.24) is 5.32 Å². The van der Waals surface area contributed by atoms with Gasteiger partial charge < -0.3 is 25.2 Å². The van der Waals surface area contributed by atoms with Crippen LogP contribution in [0, 0.1) is 0 Å². The third-order valence-corrected chi connectivity index (χ3v) is 4.37. The van der Waals surface area contributed by atoms with Crippen LogP contribution in [0.3, 0.4) is 0 Å². The SMILES string of the molecule is O=C(Nc1cccc(C(=O)NCCC2=CCCOCC2)c1)C1=CCC(O)O1. The Morgan fingerprint density at radius 1 is 1.19 bits per heavy atom. The van der Waals surface area contributed by atoms with Crippen molar-refractivity contribution in [2.45, 2.75) is 32.0 Å². The predicted molar refractivity (Wildman–Crippen MR) is 99.9 cm³/mol. The molecule has 27 heavy (non-hydrogen) atoms. The molecule has 0 spiro atoms. The molecule has 3 rings (SSSR count). The molecule has 2 aliphatic heterocycles. The number of carbonyl (C=O) groups excluding carboxylic acids is 2. The van der Waals surface area contributed by atoms with Crippen molar-refractivity contribution < 1.29 is 24.2 Å². The van der Waals surface area contributed by atoms with Crippen LogP contribution in [0.25, 0.3) is 0 Å². The summed E-state index contributed by atoms with van der Waals surface area (Å²) >= 11 is 0. The van der Waals surface area contributed by atoms with Gasteiger partial charge >= 0.3 is 0 Å². The van der Waals surface area contributed by atoms with Crippen LogP contribution in [0.5, 0.6) is 0 Å². The molecule has 2 heterocycles. The summed E-state index contributed by atoms with van der Waals surface area (Å²) in [7, 11) is 0. The number of amides is 2. The van der Waals surface area contributed by atoms with E-state index in [4.69, 9.17) is 9.47 Å². The molecule has 144 valence electrons. The number of nitrogens with one attached hydrogen (secondary N) is 2. The second-order valence-corrected chi connectivity index (χ2v) is 6.43. The van der Waals surface area contributed by atoms with Gasteiger partial charge in [0.05, 0.1) is 13.2 Å². The highest BCUT2D eigenvalue weighted by molar-refractivity contribution is 6.03. The fourth-order valence-corrected chi connectivity index (χ4v) is 2.95. The average Bonchev–Trinajstić information content (AvgIpc) is 2.94. The van der Waals surface area contributed by atoms with Crippen molar-refractivity contribution in [3.05, 3.63) is 53.3 Å². The summed E-state index contributed by atoms with van der Waals surface area (Å²) in [4.78, 5) is 24.4. The van der Waals surface area contributed by atoms with Crippen molar-refractivity contribution >= 4 is 17.5 Å². The second-order valence-electron chi connectivity index (χ2n) is 6.43. The number of ether oxygens (including phenoxy) is 2. The fourth-order valence-electron chi connectivity index (χ4n) is 2.95. The summed E-state index contributed by atoms with van der Waals surface area (Å²) in [5, 5.41) is 14.9. The highest BCUT2D eigenvalue weighted by Crippen LogP contribution is 2.18. The van der Waals surface area contributed by atoms with E-state index >= 15 is 0 Å². The highest BCUT2D eigenvalue weighted by atomic mass is 16.6. The van der Waals surface area contributed by atoms with Gasteiger partial charge in [0.15, 0.2) is 5.76 Å². The van der Waals surface area contributed by atoms with Gasteiger partial charge in [0.1, 0.15) is 0 Å². The third kappa shape index (κ3) is 5.67. The topological polar surface area (TPSA) is 96.9 Å². The monoisotopic (exact) mass is 372 g/mol. The molecule has 0 saturated heterocycles. The van der Waals surface area contributed by atoms with Crippen LogP contribution in [0.4, 0.5) is 5.69 Å². The van der Waals surface area contributed by atoms with E-state index in [1.165, 1.54) is 11.6 Å². The van der Waals surface area contributed by atoms with E-state index in [1.54, 1.807) is 24.3 Å². The van der Waals surface area contributed by atoms with Crippen LogP contribution in [-0.2, 0) is 14.3 Å². The van der Waals surface area contributed by atoms with E-state index in [0.29, 0.717) is 17.8 Å². The Bertz CT molecular complexity index is 756. The number of anilines is 1. The lowest BCUT2D eigenvalue weighted by atomic mass is 10.1. The van der Waals surface area contributed by atoms with E-state index in [2.05, 4.69) is 16.7 Å². The molecule has 1 unspecified atom stereocenters. The van der Waals surface area contributed by atoms with Crippen molar-refractivity contribution in [1.29, 1.82) is 0 Å². The Balaban J connectivity index is 1.51. The van der Waals surface area contributed by atoms with Crippen LogP contribution in [-0.4, -0.2) is 43.0 Å². The predicted octanol–water partition coefficient (Wildman–Crippen LogP) is 2.10. The first-order chi connectivity index (χ1) is 13.1.